The fourth-order valence-electron chi connectivity index (χ4n) is 2.64. The molecule has 0 unspecified atom stereocenters. The van der Waals surface area contributed by atoms with Crippen LogP contribution < -0.4 is 14.9 Å². The molecule has 0 saturated heterocycles. The number of hydrogen-bond donors (Lipinski definition) is 1. The molecular weight excluding hydrogens is 396 g/mol. The summed E-state index contributed by atoms with van der Waals surface area (Å²) < 4.78 is 11.2. The Bertz CT molecular complexity index is 1020. The Balaban J connectivity index is 1.53. The molecule has 0 aliphatic heterocycles. The van der Waals surface area contributed by atoms with Crippen molar-refractivity contribution in [1.82, 2.24) is 25.6 Å². The van der Waals surface area contributed by atoms with Crippen molar-refractivity contribution in [1.29, 1.82) is 0 Å². The maximum atomic E-state index is 12.1. The van der Waals surface area contributed by atoms with Gasteiger partial charge in [0.2, 0.25) is 5.82 Å². The first-order valence-corrected chi connectivity index (χ1v) is 10.0. The monoisotopic (exact) mass is 422 g/mol. The van der Waals surface area contributed by atoms with Crippen LogP contribution in [-0.2, 0) is 11.3 Å². The SMILES string of the molecule is COc1cc(/C=N/NC(=O)Cn2nnc(-c3ccccc3)n2)ccc1OCCC(C)C. The minimum Gasteiger partial charge on any atom is -0.493 e. The number of hydrogen-bond acceptors (Lipinski definition) is 7. The number of ether oxygens (including phenoxy) is 2. The quantitative estimate of drug-likeness (QED) is 0.398. The standard InChI is InChI=1S/C22H26N6O3/c1-16(2)11-12-31-19-10-9-17(13-20(19)30-3)14-23-24-21(29)15-28-26-22(25-27-28)18-7-5-4-6-8-18/h4-10,13-14,16H,11-12,15H2,1-3H3,(H,24,29)/b23-14+. The summed E-state index contributed by atoms with van der Waals surface area (Å²) in [7, 11) is 1.59. The van der Waals surface area contributed by atoms with Crippen LogP contribution in [0.2, 0.25) is 0 Å². The summed E-state index contributed by atoms with van der Waals surface area (Å²) in [6, 6.07) is 14.9. The van der Waals surface area contributed by atoms with E-state index < -0.39 is 0 Å². The summed E-state index contributed by atoms with van der Waals surface area (Å²) in [5.41, 5.74) is 4.05. The number of carbonyl (C=O) groups is 1. The molecule has 0 saturated carbocycles. The number of benzene rings is 2. The lowest BCUT2D eigenvalue weighted by Gasteiger charge is -2.12. The number of nitrogens with one attached hydrogen (secondary N) is 1. The molecule has 3 aromatic rings. The molecule has 162 valence electrons. The Morgan fingerprint density at radius 2 is 2.00 bits per heavy atom. The molecular formula is C22H26N6O3. The van der Waals surface area contributed by atoms with Crippen LogP contribution in [0.25, 0.3) is 11.4 Å². The maximum Gasteiger partial charge on any atom is 0.263 e. The van der Waals surface area contributed by atoms with Crippen LogP contribution in [-0.4, -0.2) is 46.0 Å². The van der Waals surface area contributed by atoms with E-state index in [4.69, 9.17) is 9.47 Å². The number of methoxy groups -OCH3 is 1. The first kappa shape index (κ1) is 21.9. The van der Waals surface area contributed by atoms with Gasteiger partial charge in [0.05, 0.1) is 19.9 Å². The van der Waals surface area contributed by atoms with Gasteiger partial charge in [0.1, 0.15) is 6.54 Å². The number of nitrogens with zero attached hydrogens (tertiary/aromatic N) is 5. The largest absolute Gasteiger partial charge is 0.493 e. The van der Waals surface area contributed by atoms with Crippen molar-refractivity contribution in [2.24, 2.45) is 11.0 Å². The molecule has 1 heterocycles. The Hall–Kier alpha value is -3.75. The molecule has 1 amide bonds. The summed E-state index contributed by atoms with van der Waals surface area (Å²) >= 11 is 0. The van der Waals surface area contributed by atoms with Crippen LogP contribution in [0.3, 0.4) is 0 Å². The minimum atomic E-state index is -0.367. The molecule has 0 radical (unpaired) electrons. The Morgan fingerprint density at radius 1 is 1.19 bits per heavy atom. The highest BCUT2D eigenvalue weighted by Crippen LogP contribution is 2.27. The molecule has 0 bridgehead atoms. The average molecular weight is 422 g/mol. The lowest BCUT2D eigenvalue weighted by atomic mass is 10.1. The zero-order chi connectivity index (χ0) is 22.1. The zero-order valence-electron chi connectivity index (χ0n) is 17.9. The van der Waals surface area contributed by atoms with Gasteiger partial charge in [-0.2, -0.15) is 9.90 Å². The molecule has 9 nitrogen and oxygen atoms in total. The van der Waals surface area contributed by atoms with Crippen LogP contribution in [0.1, 0.15) is 25.8 Å². The van der Waals surface area contributed by atoms with E-state index in [1.807, 2.05) is 42.5 Å². The number of amides is 1. The van der Waals surface area contributed by atoms with Crippen molar-refractivity contribution in [2.45, 2.75) is 26.8 Å². The predicted octanol–water partition coefficient (Wildman–Crippen LogP) is 2.92. The first-order valence-electron chi connectivity index (χ1n) is 10.0. The van der Waals surface area contributed by atoms with Crippen molar-refractivity contribution < 1.29 is 14.3 Å². The van der Waals surface area contributed by atoms with Gasteiger partial charge in [-0.1, -0.05) is 44.2 Å². The van der Waals surface area contributed by atoms with E-state index in [0.717, 1.165) is 17.5 Å². The van der Waals surface area contributed by atoms with Gasteiger partial charge >= 0.3 is 0 Å². The van der Waals surface area contributed by atoms with E-state index in [9.17, 15) is 4.79 Å². The third-order valence-electron chi connectivity index (χ3n) is 4.31. The Labute approximate surface area is 181 Å². The lowest BCUT2D eigenvalue weighted by molar-refractivity contribution is -0.122. The Morgan fingerprint density at radius 3 is 2.74 bits per heavy atom. The van der Waals surface area contributed by atoms with Crippen LogP contribution in [0.5, 0.6) is 11.5 Å². The third kappa shape index (κ3) is 6.63. The molecule has 3 rings (SSSR count). The molecule has 0 atom stereocenters. The normalized spacial score (nSPS) is 11.1. The number of hydrazone groups is 1. The van der Waals surface area contributed by atoms with Gasteiger partial charge in [-0.15, -0.1) is 10.2 Å². The molecule has 9 heteroatoms. The molecule has 1 aromatic heterocycles. The van der Waals surface area contributed by atoms with Gasteiger partial charge in [0.25, 0.3) is 5.91 Å². The van der Waals surface area contributed by atoms with Crippen molar-refractivity contribution in [2.75, 3.05) is 13.7 Å². The van der Waals surface area contributed by atoms with Gasteiger partial charge in [-0.05, 0) is 41.3 Å². The number of carbonyl (C=O) groups excluding carboxylic acids is 1. The molecule has 31 heavy (non-hydrogen) atoms. The smallest absolute Gasteiger partial charge is 0.263 e. The highest BCUT2D eigenvalue weighted by molar-refractivity contribution is 5.83. The third-order valence-corrected chi connectivity index (χ3v) is 4.31. The summed E-state index contributed by atoms with van der Waals surface area (Å²) in [4.78, 5) is 13.3. The van der Waals surface area contributed by atoms with Crippen LogP contribution in [0.15, 0.2) is 53.6 Å². The van der Waals surface area contributed by atoms with E-state index in [1.54, 1.807) is 13.2 Å². The van der Waals surface area contributed by atoms with Gasteiger partial charge in [0, 0.05) is 5.56 Å². The number of tetrazole rings is 1. The van der Waals surface area contributed by atoms with Crippen molar-refractivity contribution >= 4 is 12.1 Å². The fraction of sp³-hybridized carbons (Fsp3) is 0.318. The highest BCUT2D eigenvalue weighted by atomic mass is 16.5. The van der Waals surface area contributed by atoms with Crippen molar-refractivity contribution in [3.05, 3.63) is 54.1 Å². The van der Waals surface area contributed by atoms with E-state index >= 15 is 0 Å². The van der Waals surface area contributed by atoms with Gasteiger partial charge < -0.3 is 9.47 Å². The minimum absolute atomic E-state index is 0.0941. The van der Waals surface area contributed by atoms with Gasteiger partial charge in [-0.25, -0.2) is 5.43 Å². The second-order valence-electron chi connectivity index (χ2n) is 7.24. The predicted molar refractivity (Wildman–Crippen MR) is 117 cm³/mol. The van der Waals surface area contributed by atoms with Crippen molar-refractivity contribution in [3.63, 3.8) is 0 Å². The highest BCUT2D eigenvalue weighted by Gasteiger charge is 2.09. The number of aromatic nitrogens is 4. The first-order chi connectivity index (χ1) is 15.0. The lowest BCUT2D eigenvalue weighted by Crippen LogP contribution is -2.24. The second kappa shape index (κ2) is 10.9. The summed E-state index contributed by atoms with van der Waals surface area (Å²) in [5.74, 6) is 1.95. The van der Waals surface area contributed by atoms with Gasteiger partial charge in [0.15, 0.2) is 11.5 Å². The van der Waals surface area contributed by atoms with Gasteiger partial charge in [-0.3, -0.25) is 4.79 Å². The van der Waals surface area contributed by atoms with Crippen LogP contribution in [0, 0.1) is 5.92 Å². The summed E-state index contributed by atoms with van der Waals surface area (Å²) in [5, 5.41) is 16.1. The maximum absolute atomic E-state index is 12.1. The molecule has 1 N–H and O–H groups in total. The van der Waals surface area contributed by atoms with Crippen LogP contribution >= 0.6 is 0 Å². The van der Waals surface area contributed by atoms with E-state index in [2.05, 4.69) is 39.8 Å². The van der Waals surface area contributed by atoms with E-state index in [0.29, 0.717) is 29.8 Å². The van der Waals surface area contributed by atoms with E-state index in [1.165, 1.54) is 11.0 Å². The molecule has 0 aliphatic carbocycles. The second-order valence-corrected chi connectivity index (χ2v) is 7.24. The average Bonchev–Trinajstić information content (AvgIpc) is 3.23. The molecule has 2 aromatic carbocycles. The summed E-state index contributed by atoms with van der Waals surface area (Å²) in [6.07, 6.45) is 2.49. The topological polar surface area (TPSA) is 104 Å². The number of rotatable bonds is 10. The molecule has 0 fully saturated rings. The molecule has 0 aliphatic rings. The van der Waals surface area contributed by atoms with E-state index in [-0.39, 0.29) is 12.5 Å². The molecule has 0 spiro atoms. The Kier molecular flexibility index (Phi) is 7.69. The van der Waals surface area contributed by atoms with Crippen molar-refractivity contribution in [3.8, 4) is 22.9 Å². The fourth-order valence-corrected chi connectivity index (χ4v) is 2.64. The van der Waals surface area contributed by atoms with Crippen LogP contribution in [0.4, 0.5) is 0 Å². The zero-order valence-corrected chi connectivity index (χ0v) is 17.9. The summed E-state index contributed by atoms with van der Waals surface area (Å²) in [6.45, 7) is 4.83.